The Morgan fingerprint density at radius 2 is 1.06 bits per heavy atom. The van der Waals surface area contributed by atoms with Crippen LogP contribution in [-0.2, 0) is 15.6 Å². The van der Waals surface area contributed by atoms with E-state index in [4.69, 9.17) is 31.9 Å². The van der Waals surface area contributed by atoms with E-state index in [0.29, 0.717) is 45.3 Å². The van der Waals surface area contributed by atoms with Crippen LogP contribution < -0.4 is 18.7 Å². The molecule has 0 radical (unpaired) electrons. The average Bonchev–Trinajstić information content (AvgIpc) is 3.15. The van der Waals surface area contributed by atoms with E-state index in [0.717, 1.165) is 21.9 Å². The molecule has 0 aliphatic carbocycles. The summed E-state index contributed by atoms with van der Waals surface area (Å²) in [6, 6.07) is 23.1. The van der Waals surface area contributed by atoms with Gasteiger partial charge in [0.25, 0.3) is 0 Å². The molecule has 0 atom stereocenters. The number of hydrogen-bond donors (Lipinski definition) is 0. The third-order valence-corrected chi connectivity index (χ3v) is 8.68. The first-order valence-corrected chi connectivity index (χ1v) is 17.0. The second-order valence-corrected chi connectivity index (χ2v) is 15.7. The van der Waals surface area contributed by atoms with Gasteiger partial charge in [0, 0.05) is 33.0 Å². The predicted molar refractivity (Wildman–Crippen MR) is 198 cm³/mol. The van der Waals surface area contributed by atoms with E-state index in [1.54, 1.807) is 35.0 Å². The Labute approximate surface area is 290 Å². The van der Waals surface area contributed by atoms with Crippen LogP contribution in [-0.4, -0.2) is 26.0 Å². The number of carbonyl (C=O) groups is 1. The van der Waals surface area contributed by atoms with Gasteiger partial charge in [0.15, 0.2) is 0 Å². The van der Waals surface area contributed by atoms with Gasteiger partial charge in [-0.1, -0.05) is 85.4 Å². The number of ether oxygens (including phenoxy) is 4. The molecule has 4 aromatic carbocycles. The molecule has 0 aliphatic rings. The molecule has 0 N–H and O–H groups in total. The molecule has 0 spiro atoms. The van der Waals surface area contributed by atoms with Gasteiger partial charge in [0.1, 0.15) is 39.8 Å². The number of hydrogen-bond acceptors (Lipinski definition) is 8. The maximum Gasteiger partial charge on any atom is 0.514 e. The Hall–Kier alpha value is -4.55. The molecule has 262 valence electrons. The number of carbonyl (C=O) groups excluding carboxylic acids is 1. The van der Waals surface area contributed by atoms with Crippen LogP contribution in [0, 0.1) is 0 Å². The standard InChI is InChI=1S/C39H45O8P.CH4/c1-37(2,3)30-22-24(41-10)20-28(34(30)43-36(40)44-39(7,8)9)29-21-25(42-11)23-31(38(4,5)6)35(29)47-48-45-32-18-14-12-16-26(32)27-17-13-15-19-33(27)46-48;/h12-23H,1-11H3;1H4. The summed E-state index contributed by atoms with van der Waals surface area (Å²) in [4.78, 5) is 13.3. The summed E-state index contributed by atoms with van der Waals surface area (Å²) in [5.74, 6) is 1.99. The van der Waals surface area contributed by atoms with Crippen molar-refractivity contribution in [2.24, 2.45) is 0 Å². The van der Waals surface area contributed by atoms with Crippen LogP contribution >= 0.6 is 8.24 Å². The predicted octanol–water partition coefficient (Wildman–Crippen LogP) is 12.4. The highest BCUT2D eigenvalue weighted by molar-refractivity contribution is 7.32. The van der Waals surface area contributed by atoms with Crippen LogP contribution in [0.3, 0.4) is 0 Å². The first kappa shape index (κ1) is 37.3. The molecule has 0 unspecified atom stereocenters. The van der Waals surface area contributed by atoms with Crippen LogP contribution in [0.15, 0.2) is 81.2 Å². The first-order chi connectivity index (χ1) is 22.5. The van der Waals surface area contributed by atoms with E-state index in [-0.39, 0.29) is 7.43 Å². The summed E-state index contributed by atoms with van der Waals surface area (Å²) in [5, 5.41) is 1.81. The molecule has 0 aliphatic heterocycles. The van der Waals surface area contributed by atoms with Crippen molar-refractivity contribution < 1.29 is 36.7 Å². The minimum absolute atomic E-state index is 0. The largest absolute Gasteiger partial charge is 0.514 e. The third kappa shape index (κ3) is 8.37. The quantitative estimate of drug-likeness (QED) is 0.129. The third-order valence-electron chi connectivity index (χ3n) is 7.65. The minimum Gasteiger partial charge on any atom is -0.497 e. The van der Waals surface area contributed by atoms with E-state index in [1.165, 1.54) is 0 Å². The van der Waals surface area contributed by atoms with Crippen LogP contribution in [0.2, 0.25) is 0 Å². The lowest BCUT2D eigenvalue weighted by molar-refractivity contribution is 0.0204. The monoisotopic (exact) mass is 688 g/mol. The molecular weight excluding hydrogens is 639 g/mol. The topological polar surface area (TPSA) is 89.5 Å². The SMILES string of the molecule is C.COc1cc(-c2cc(OC)cc(C(C)(C)C)c2Op2oc3ccccc3c3ccccc3o2)c(OC(=O)OC(C)(C)C)c(C(C)(C)C)c1. The molecule has 49 heavy (non-hydrogen) atoms. The van der Waals surface area contributed by atoms with E-state index < -0.39 is 30.8 Å². The Kier molecular flexibility index (Phi) is 10.7. The van der Waals surface area contributed by atoms with Gasteiger partial charge < -0.3 is 31.9 Å². The van der Waals surface area contributed by atoms with Gasteiger partial charge in [-0.15, -0.1) is 0 Å². The van der Waals surface area contributed by atoms with Gasteiger partial charge in [0.05, 0.1) is 14.2 Å². The zero-order chi connectivity index (χ0) is 35.0. The molecule has 0 saturated heterocycles. The van der Waals surface area contributed by atoms with Crippen molar-refractivity contribution in [1.29, 1.82) is 0 Å². The molecule has 1 aromatic heterocycles. The van der Waals surface area contributed by atoms with E-state index >= 15 is 0 Å². The highest BCUT2D eigenvalue weighted by Gasteiger charge is 2.32. The lowest BCUT2D eigenvalue weighted by Crippen LogP contribution is -2.27. The maximum atomic E-state index is 13.3. The average molecular weight is 689 g/mol. The Bertz CT molecular complexity index is 1950. The number of fused-ring (bicyclic) bond motifs is 3. The molecule has 9 heteroatoms. The Balaban J connectivity index is 0.00000541. The van der Waals surface area contributed by atoms with Gasteiger partial charge in [-0.05, 0) is 68.0 Å². The second kappa shape index (κ2) is 14.1. The summed E-state index contributed by atoms with van der Waals surface area (Å²) < 4.78 is 43.2. The van der Waals surface area contributed by atoms with Gasteiger partial charge in [-0.3, -0.25) is 0 Å². The summed E-state index contributed by atoms with van der Waals surface area (Å²) in [5.41, 5.74) is 2.37. The Morgan fingerprint density at radius 3 is 1.49 bits per heavy atom. The fraction of sp³-hybridized carbons (Fsp3) is 0.375. The zero-order valence-corrected chi connectivity index (χ0v) is 30.5. The number of para-hydroxylation sites is 2. The molecule has 8 nitrogen and oxygen atoms in total. The molecule has 5 aromatic rings. The second-order valence-electron chi connectivity index (χ2n) is 14.7. The van der Waals surface area contributed by atoms with Crippen molar-refractivity contribution in [2.75, 3.05) is 14.2 Å². The molecule has 0 bridgehead atoms. The molecule has 0 amide bonds. The molecular formula is C40H49O8P. The van der Waals surface area contributed by atoms with Crippen LogP contribution in [0.1, 0.15) is 80.9 Å². The van der Waals surface area contributed by atoms with Crippen molar-refractivity contribution in [3.8, 4) is 34.1 Å². The summed E-state index contributed by atoms with van der Waals surface area (Å²) in [6.07, 6.45) is -0.825. The fourth-order valence-electron chi connectivity index (χ4n) is 5.35. The van der Waals surface area contributed by atoms with Crippen molar-refractivity contribution >= 4 is 36.3 Å². The normalized spacial score (nSPS) is 11.9. The van der Waals surface area contributed by atoms with Crippen molar-refractivity contribution in [3.05, 3.63) is 83.9 Å². The summed E-state index contributed by atoms with van der Waals surface area (Å²) >= 11 is 0. The minimum atomic E-state index is -2.02. The lowest BCUT2D eigenvalue weighted by Gasteiger charge is -2.28. The highest BCUT2D eigenvalue weighted by atomic mass is 31.1. The fourth-order valence-corrected chi connectivity index (χ4v) is 6.44. The van der Waals surface area contributed by atoms with Crippen LogP contribution in [0.25, 0.3) is 33.1 Å². The Morgan fingerprint density at radius 1 is 0.633 bits per heavy atom. The van der Waals surface area contributed by atoms with E-state index in [9.17, 15) is 4.79 Å². The number of methoxy groups -OCH3 is 2. The van der Waals surface area contributed by atoms with Crippen molar-refractivity contribution in [2.45, 2.75) is 86.2 Å². The zero-order valence-electron chi connectivity index (χ0n) is 29.6. The van der Waals surface area contributed by atoms with E-state index in [2.05, 4.69) is 20.8 Å². The summed E-state index contributed by atoms with van der Waals surface area (Å²) in [6.45, 7) is 17.8. The van der Waals surface area contributed by atoms with E-state index in [1.807, 2.05) is 93.6 Å². The molecule has 5 rings (SSSR count). The highest BCUT2D eigenvalue weighted by Crippen LogP contribution is 2.51. The van der Waals surface area contributed by atoms with Crippen molar-refractivity contribution in [1.82, 2.24) is 0 Å². The van der Waals surface area contributed by atoms with Gasteiger partial charge in [-0.2, -0.15) is 0 Å². The molecule has 1 heterocycles. The van der Waals surface area contributed by atoms with Gasteiger partial charge >= 0.3 is 14.4 Å². The maximum absolute atomic E-state index is 13.3. The number of benzene rings is 4. The van der Waals surface area contributed by atoms with Crippen LogP contribution in [0.4, 0.5) is 4.79 Å². The van der Waals surface area contributed by atoms with Gasteiger partial charge in [0.2, 0.25) is 0 Å². The van der Waals surface area contributed by atoms with Crippen LogP contribution in [0.5, 0.6) is 23.0 Å². The molecule has 0 fully saturated rings. The lowest BCUT2D eigenvalue weighted by atomic mass is 9.81. The molecule has 0 saturated carbocycles. The smallest absolute Gasteiger partial charge is 0.497 e. The van der Waals surface area contributed by atoms with Gasteiger partial charge in [-0.25, -0.2) is 4.79 Å². The first-order valence-electron chi connectivity index (χ1n) is 15.9. The van der Waals surface area contributed by atoms with Crippen molar-refractivity contribution in [3.63, 3.8) is 0 Å². The number of rotatable bonds is 6. The summed E-state index contributed by atoms with van der Waals surface area (Å²) in [7, 11) is 1.20.